The van der Waals surface area contributed by atoms with Crippen LogP contribution in [0.15, 0.2) is 188 Å². The third kappa shape index (κ3) is 3.58. The van der Waals surface area contributed by atoms with Crippen molar-refractivity contribution in [2.75, 3.05) is 0 Å². The molecular weight excluding hydrogens is 715 g/mol. The maximum Gasteiger partial charge on any atom is 0.0627 e. The molecule has 0 fully saturated rings. The molecule has 0 aliphatic rings. The van der Waals surface area contributed by atoms with E-state index in [2.05, 4.69) is 201 Å². The Kier molecular flexibility index (Phi) is 5.41. The van der Waals surface area contributed by atoms with Crippen LogP contribution in [0.1, 0.15) is 0 Å². The monoisotopic (exact) mass is 745 g/mol. The van der Waals surface area contributed by atoms with Crippen LogP contribution in [-0.4, -0.2) is 13.4 Å². The van der Waals surface area contributed by atoms with Gasteiger partial charge in [-0.15, -0.1) is 0 Å². The standard InChI is InChI=1S/C56H31N3/c1-2-14-35(15-3-1)57-45-23-9-8-18-39(45)43-30-34(25-26-46(43)57)38-19-10-20-40-41-21-11-22-42-51-49(59(54(38)40)55(41)42)29-28-48-52(51)44-31-33-13-5-7-17-37(33)53-50-36-16-6-4-12-32(36)24-27-47(50)58(48)56(44)53/h1-31H. The molecule has 10 aromatic carbocycles. The summed E-state index contributed by atoms with van der Waals surface area (Å²) >= 11 is 0. The van der Waals surface area contributed by atoms with Crippen LogP contribution in [0.2, 0.25) is 0 Å². The van der Waals surface area contributed by atoms with E-state index in [4.69, 9.17) is 0 Å². The highest BCUT2D eigenvalue weighted by molar-refractivity contribution is 6.40. The molecule has 0 spiro atoms. The van der Waals surface area contributed by atoms with E-state index in [0.717, 1.165) is 0 Å². The molecule has 0 atom stereocenters. The summed E-state index contributed by atoms with van der Waals surface area (Å²) in [5, 5.41) is 18.3. The van der Waals surface area contributed by atoms with Crippen molar-refractivity contribution in [2.24, 2.45) is 0 Å². The number of hydrogen-bond acceptors (Lipinski definition) is 0. The molecule has 0 unspecified atom stereocenters. The SMILES string of the molecule is c1ccc(-n2c3ccccc3c3cc(-c4cccc5c6cccc7c8c9c%10cc%11ccccc%11c%11c%12c%13ccccc%13ccc%12n(c9ccc8n(c45)c67)c%10%11)ccc32)cc1. The summed E-state index contributed by atoms with van der Waals surface area (Å²) in [4.78, 5) is 0. The van der Waals surface area contributed by atoms with E-state index in [1.807, 2.05) is 0 Å². The van der Waals surface area contributed by atoms with E-state index in [9.17, 15) is 0 Å². The molecule has 0 saturated heterocycles. The Bertz CT molecular complexity index is 4290. The fourth-order valence-corrected chi connectivity index (χ4v) is 11.4. The van der Waals surface area contributed by atoms with Gasteiger partial charge in [0.15, 0.2) is 0 Å². The average Bonchev–Trinajstić information content (AvgIpc) is 4.09. The van der Waals surface area contributed by atoms with Crippen molar-refractivity contribution < 1.29 is 0 Å². The van der Waals surface area contributed by atoms with Gasteiger partial charge in [-0.3, -0.25) is 0 Å². The molecular formula is C56H31N3. The number of para-hydroxylation sites is 4. The minimum absolute atomic E-state index is 1.17. The van der Waals surface area contributed by atoms with Crippen molar-refractivity contribution in [2.45, 2.75) is 0 Å². The predicted octanol–water partition coefficient (Wildman–Crippen LogP) is 15.1. The zero-order chi connectivity index (χ0) is 38.1. The first-order valence-corrected chi connectivity index (χ1v) is 20.5. The smallest absolute Gasteiger partial charge is 0.0627 e. The second-order valence-corrected chi connectivity index (χ2v) is 16.4. The summed E-state index contributed by atoms with van der Waals surface area (Å²) < 4.78 is 7.54. The maximum atomic E-state index is 2.58. The number of hydrogen-bond donors (Lipinski definition) is 0. The van der Waals surface area contributed by atoms with Gasteiger partial charge >= 0.3 is 0 Å². The Balaban J connectivity index is 1.09. The number of nitrogens with zero attached hydrogens (tertiary/aromatic N) is 3. The van der Waals surface area contributed by atoms with Crippen LogP contribution < -0.4 is 0 Å². The molecule has 0 bridgehead atoms. The molecule has 15 aromatic rings. The summed E-state index contributed by atoms with van der Waals surface area (Å²) in [6, 6.07) is 70.1. The van der Waals surface area contributed by atoms with Gasteiger partial charge in [0.05, 0.1) is 44.1 Å². The van der Waals surface area contributed by atoms with Gasteiger partial charge in [-0.05, 0) is 81.7 Å². The fraction of sp³-hybridized carbons (Fsp3) is 0. The van der Waals surface area contributed by atoms with Crippen LogP contribution in [0.5, 0.6) is 0 Å². The van der Waals surface area contributed by atoms with Crippen molar-refractivity contribution in [3.8, 4) is 16.8 Å². The second kappa shape index (κ2) is 10.5. The average molecular weight is 746 g/mol. The van der Waals surface area contributed by atoms with E-state index in [1.54, 1.807) is 0 Å². The summed E-state index contributed by atoms with van der Waals surface area (Å²) in [5.74, 6) is 0. The van der Waals surface area contributed by atoms with Crippen LogP contribution in [0.4, 0.5) is 0 Å². The minimum atomic E-state index is 1.17. The second-order valence-electron chi connectivity index (χ2n) is 16.4. The summed E-state index contributed by atoms with van der Waals surface area (Å²) in [6.07, 6.45) is 0. The summed E-state index contributed by atoms with van der Waals surface area (Å²) in [5.41, 5.74) is 13.7. The molecule has 270 valence electrons. The third-order valence-electron chi connectivity index (χ3n) is 13.6. The van der Waals surface area contributed by atoms with Gasteiger partial charge in [0.1, 0.15) is 0 Å². The third-order valence-corrected chi connectivity index (χ3v) is 13.6. The van der Waals surface area contributed by atoms with Crippen molar-refractivity contribution in [3.05, 3.63) is 188 Å². The molecule has 0 radical (unpaired) electrons. The lowest BCUT2D eigenvalue weighted by atomic mass is 9.96. The summed E-state index contributed by atoms with van der Waals surface area (Å²) in [7, 11) is 0. The Morgan fingerprint density at radius 2 is 0.847 bits per heavy atom. The number of fused-ring (bicyclic) bond motifs is 20. The first kappa shape index (κ1) is 30.3. The van der Waals surface area contributed by atoms with Gasteiger partial charge in [-0.1, -0.05) is 133 Å². The van der Waals surface area contributed by atoms with E-state index in [1.165, 1.54) is 136 Å². The Labute approximate surface area is 336 Å². The predicted molar refractivity (Wildman–Crippen MR) is 251 cm³/mol. The first-order chi connectivity index (χ1) is 29.3. The molecule has 3 nitrogen and oxygen atoms in total. The molecule has 0 amide bonds. The van der Waals surface area contributed by atoms with Gasteiger partial charge in [0, 0.05) is 65.1 Å². The quantitative estimate of drug-likeness (QED) is 0.167. The molecule has 5 heterocycles. The lowest BCUT2D eigenvalue weighted by molar-refractivity contribution is 1.18. The zero-order valence-electron chi connectivity index (χ0n) is 31.7. The lowest BCUT2D eigenvalue weighted by Gasteiger charge is -2.09. The number of rotatable bonds is 2. The van der Waals surface area contributed by atoms with Crippen LogP contribution >= 0.6 is 0 Å². The maximum absolute atomic E-state index is 2.58. The van der Waals surface area contributed by atoms with E-state index >= 15 is 0 Å². The zero-order valence-corrected chi connectivity index (χ0v) is 31.7. The highest BCUT2D eigenvalue weighted by Crippen LogP contribution is 2.50. The molecule has 0 saturated carbocycles. The van der Waals surface area contributed by atoms with Crippen LogP contribution in [0.25, 0.3) is 136 Å². The Hall–Kier alpha value is -7.88. The van der Waals surface area contributed by atoms with Crippen molar-refractivity contribution in [3.63, 3.8) is 0 Å². The first-order valence-electron chi connectivity index (χ1n) is 20.5. The molecule has 5 aromatic heterocycles. The molecule has 15 rings (SSSR count). The van der Waals surface area contributed by atoms with E-state index in [0.29, 0.717) is 0 Å². The normalized spacial score (nSPS) is 12.7. The van der Waals surface area contributed by atoms with E-state index < -0.39 is 0 Å². The number of benzene rings is 10. The number of aromatic nitrogens is 3. The Morgan fingerprint density at radius 3 is 1.69 bits per heavy atom. The van der Waals surface area contributed by atoms with Crippen molar-refractivity contribution in [1.82, 2.24) is 13.4 Å². The highest BCUT2D eigenvalue weighted by Gasteiger charge is 2.26. The highest BCUT2D eigenvalue weighted by atomic mass is 15.0. The molecule has 0 aliphatic carbocycles. The fourth-order valence-electron chi connectivity index (χ4n) is 11.4. The molecule has 3 heteroatoms. The van der Waals surface area contributed by atoms with Crippen molar-refractivity contribution >= 4 is 120 Å². The van der Waals surface area contributed by atoms with Gasteiger partial charge in [0.2, 0.25) is 0 Å². The van der Waals surface area contributed by atoms with Crippen molar-refractivity contribution in [1.29, 1.82) is 0 Å². The lowest BCUT2D eigenvalue weighted by Crippen LogP contribution is -1.93. The van der Waals surface area contributed by atoms with Gasteiger partial charge < -0.3 is 13.4 Å². The molecule has 0 aliphatic heterocycles. The molecule has 59 heavy (non-hydrogen) atoms. The summed E-state index contributed by atoms with van der Waals surface area (Å²) in [6.45, 7) is 0. The minimum Gasteiger partial charge on any atom is -0.309 e. The van der Waals surface area contributed by atoms with E-state index in [-0.39, 0.29) is 0 Å². The Morgan fingerprint density at radius 1 is 0.271 bits per heavy atom. The van der Waals surface area contributed by atoms with Gasteiger partial charge in [-0.25, -0.2) is 0 Å². The van der Waals surface area contributed by atoms with Gasteiger partial charge in [-0.2, -0.15) is 0 Å². The van der Waals surface area contributed by atoms with Gasteiger partial charge in [0.25, 0.3) is 0 Å². The van der Waals surface area contributed by atoms with Crippen LogP contribution in [0.3, 0.4) is 0 Å². The van der Waals surface area contributed by atoms with Crippen LogP contribution in [-0.2, 0) is 0 Å². The largest absolute Gasteiger partial charge is 0.309 e. The van der Waals surface area contributed by atoms with Crippen LogP contribution in [0, 0.1) is 0 Å². The molecule has 0 N–H and O–H groups in total. The topological polar surface area (TPSA) is 13.8 Å².